The highest BCUT2D eigenvalue weighted by molar-refractivity contribution is 5.96. The molecule has 2 aliphatic heterocycles. The lowest BCUT2D eigenvalue weighted by Crippen LogP contribution is -2.52. The lowest BCUT2D eigenvalue weighted by atomic mass is 10.1. The summed E-state index contributed by atoms with van der Waals surface area (Å²) in [6.45, 7) is 3.61. The van der Waals surface area contributed by atoms with E-state index in [4.69, 9.17) is 9.47 Å². The largest absolute Gasteiger partial charge is 0.497 e. The second-order valence-electron chi connectivity index (χ2n) is 9.56. The average molecular weight is 516 g/mol. The summed E-state index contributed by atoms with van der Waals surface area (Å²) in [5, 5.41) is 8.83. The number of carbonyl (C=O) groups is 2. The first-order valence-electron chi connectivity index (χ1n) is 13.1. The van der Waals surface area contributed by atoms with Gasteiger partial charge < -0.3 is 24.2 Å². The van der Waals surface area contributed by atoms with Gasteiger partial charge in [0.15, 0.2) is 5.82 Å². The summed E-state index contributed by atoms with van der Waals surface area (Å²) in [5.41, 5.74) is 2.34. The standard InChI is InChI=1S/C29H33N5O4/c1-37-24-11-9-22(10-12-24)26-13-14-27(31-30-26)32-15-17-33(18-16-32)28(35)21-34(20-25-8-5-19-38-25)29(36)23-6-3-2-4-7-23/h2-4,6-7,9-14,25H,5,8,15-21H2,1H3/t25-/m1/s1. The number of aromatic nitrogens is 2. The van der Waals surface area contributed by atoms with Gasteiger partial charge in [-0.3, -0.25) is 9.59 Å². The molecule has 1 aromatic heterocycles. The minimum Gasteiger partial charge on any atom is -0.497 e. The molecule has 2 fully saturated rings. The van der Waals surface area contributed by atoms with Gasteiger partial charge in [-0.2, -0.15) is 0 Å². The number of benzene rings is 2. The lowest BCUT2D eigenvalue weighted by Gasteiger charge is -2.36. The molecule has 0 radical (unpaired) electrons. The predicted octanol–water partition coefficient (Wildman–Crippen LogP) is 3.12. The Bertz CT molecular complexity index is 1210. The molecule has 0 N–H and O–H groups in total. The second-order valence-corrected chi connectivity index (χ2v) is 9.56. The number of nitrogens with zero attached hydrogens (tertiary/aromatic N) is 5. The molecule has 9 heteroatoms. The Morgan fingerprint density at radius 1 is 0.974 bits per heavy atom. The average Bonchev–Trinajstić information content (AvgIpc) is 3.50. The maximum Gasteiger partial charge on any atom is 0.254 e. The number of rotatable bonds is 8. The molecule has 2 aliphatic rings. The minimum absolute atomic E-state index is 0.0215. The molecule has 198 valence electrons. The first-order valence-corrected chi connectivity index (χ1v) is 13.1. The van der Waals surface area contributed by atoms with Crippen LogP contribution in [-0.2, 0) is 9.53 Å². The third-order valence-corrected chi connectivity index (χ3v) is 7.07. The van der Waals surface area contributed by atoms with Crippen molar-refractivity contribution < 1.29 is 19.1 Å². The quantitative estimate of drug-likeness (QED) is 0.456. The number of amides is 2. The van der Waals surface area contributed by atoms with Crippen molar-refractivity contribution in [3.63, 3.8) is 0 Å². The van der Waals surface area contributed by atoms with Crippen molar-refractivity contribution in [3.8, 4) is 17.0 Å². The third kappa shape index (κ3) is 6.11. The molecule has 9 nitrogen and oxygen atoms in total. The molecule has 38 heavy (non-hydrogen) atoms. The van der Waals surface area contributed by atoms with Crippen LogP contribution < -0.4 is 9.64 Å². The molecule has 1 atom stereocenters. The number of methoxy groups -OCH3 is 1. The van der Waals surface area contributed by atoms with Crippen LogP contribution in [0.15, 0.2) is 66.7 Å². The Morgan fingerprint density at radius 2 is 1.74 bits per heavy atom. The smallest absolute Gasteiger partial charge is 0.254 e. The van der Waals surface area contributed by atoms with E-state index in [2.05, 4.69) is 15.1 Å². The Morgan fingerprint density at radius 3 is 2.37 bits per heavy atom. The molecule has 5 rings (SSSR count). The van der Waals surface area contributed by atoms with Crippen molar-refractivity contribution in [1.29, 1.82) is 0 Å². The van der Waals surface area contributed by atoms with Crippen LogP contribution in [0.5, 0.6) is 5.75 Å². The number of carbonyl (C=O) groups excluding carboxylic acids is 2. The van der Waals surface area contributed by atoms with E-state index in [1.54, 1.807) is 24.1 Å². The molecular formula is C29H33N5O4. The number of hydrogen-bond acceptors (Lipinski definition) is 7. The van der Waals surface area contributed by atoms with Crippen LogP contribution in [0, 0.1) is 0 Å². The molecule has 0 bridgehead atoms. The highest BCUT2D eigenvalue weighted by Crippen LogP contribution is 2.22. The summed E-state index contributed by atoms with van der Waals surface area (Å²) in [4.78, 5) is 32.1. The second kappa shape index (κ2) is 12.0. The molecule has 3 heterocycles. The van der Waals surface area contributed by atoms with E-state index in [9.17, 15) is 9.59 Å². The Kier molecular flexibility index (Phi) is 8.13. The van der Waals surface area contributed by atoms with E-state index in [0.717, 1.165) is 35.7 Å². The molecule has 3 aromatic rings. The predicted molar refractivity (Wildman–Crippen MR) is 144 cm³/mol. The first-order chi connectivity index (χ1) is 18.6. The number of piperazine rings is 1. The van der Waals surface area contributed by atoms with Gasteiger partial charge in [-0.25, -0.2) is 0 Å². The van der Waals surface area contributed by atoms with Crippen molar-refractivity contribution in [3.05, 3.63) is 72.3 Å². The van der Waals surface area contributed by atoms with Crippen LogP contribution in [0.2, 0.25) is 0 Å². The van der Waals surface area contributed by atoms with Crippen molar-refractivity contribution in [2.24, 2.45) is 0 Å². The zero-order valence-electron chi connectivity index (χ0n) is 21.7. The highest BCUT2D eigenvalue weighted by Gasteiger charge is 2.28. The highest BCUT2D eigenvalue weighted by atomic mass is 16.5. The van der Waals surface area contributed by atoms with Gasteiger partial charge in [0.25, 0.3) is 5.91 Å². The van der Waals surface area contributed by atoms with E-state index >= 15 is 0 Å². The van der Waals surface area contributed by atoms with Gasteiger partial charge in [0.05, 0.1) is 18.9 Å². The van der Waals surface area contributed by atoms with E-state index in [0.29, 0.717) is 44.9 Å². The number of hydrogen-bond donors (Lipinski definition) is 0. The molecular weight excluding hydrogens is 482 g/mol. The summed E-state index contributed by atoms with van der Waals surface area (Å²) >= 11 is 0. The molecule has 2 saturated heterocycles. The summed E-state index contributed by atoms with van der Waals surface area (Å²) in [6.07, 6.45) is 1.87. The number of anilines is 1. The number of ether oxygens (including phenoxy) is 2. The van der Waals surface area contributed by atoms with Crippen molar-refractivity contribution >= 4 is 17.6 Å². The molecule has 0 spiro atoms. The maximum atomic E-state index is 13.2. The Hall–Kier alpha value is -3.98. The van der Waals surface area contributed by atoms with Gasteiger partial charge in [0.2, 0.25) is 5.91 Å². The van der Waals surface area contributed by atoms with Crippen molar-refractivity contribution in [2.45, 2.75) is 18.9 Å². The molecule has 0 unspecified atom stereocenters. The van der Waals surface area contributed by atoms with Gasteiger partial charge >= 0.3 is 0 Å². The fourth-order valence-corrected chi connectivity index (χ4v) is 4.87. The van der Waals surface area contributed by atoms with E-state index < -0.39 is 0 Å². The minimum atomic E-state index is -0.139. The van der Waals surface area contributed by atoms with Crippen LogP contribution >= 0.6 is 0 Å². The van der Waals surface area contributed by atoms with E-state index in [-0.39, 0.29) is 24.5 Å². The SMILES string of the molecule is COc1ccc(-c2ccc(N3CCN(C(=O)CN(C[C@H]4CCCO4)C(=O)c4ccccc4)CC3)nn2)cc1. The fourth-order valence-electron chi connectivity index (χ4n) is 4.87. The van der Waals surface area contributed by atoms with Gasteiger partial charge in [-0.05, 0) is 61.4 Å². The van der Waals surface area contributed by atoms with Crippen LogP contribution in [-0.4, -0.2) is 90.9 Å². The fraction of sp³-hybridized carbons (Fsp3) is 0.379. The zero-order valence-corrected chi connectivity index (χ0v) is 21.7. The summed E-state index contributed by atoms with van der Waals surface area (Å²) in [7, 11) is 1.64. The normalized spacial score (nSPS) is 17.3. The van der Waals surface area contributed by atoms with E-state index in [1.807, 2.05) is 59.5 Å². The monoisotopic (exact) mass is 515 g/mol. The molecule has 0 saturated carbocycles. The van der Waals surface area contributed by atoms with Crippen molar-refractivity contribution in [2.75, 3.05) is 57.9 Å². The van der Waals surface area contributed by atoms with Crippen LogP contribution in [0.3, 0.4) is 0 Å². The molecule has 0 aliphatic carbocycles. The van der Waals surface area contributed by atoms with Crippen LogP contribution in [0.4, 0.5) is 5.82 Å². The van der Waals surface area contributed by atoms with Gasteiger partial charge in [0, 0.05) is 50.5 Å². The first kappa shape index (κ1) is 25.7. The Labute approximate surface area is 223 Å². The molecule has 2 aromatic carbocycles. The van der Waals surface area contributed by atoms with Crippen molar-refractivity contribution in [1.82, 2.24) is 20.0 Å². The topological polar surface area (TPSA) is 88.1 Å². The van der Waals surface area contributed by atoms with Gasteiger partial charge in [-0.15, -0.1) is 10.2 Å². The maximum absolute atomic E-state index is 13.2. The van der Waals surface area contributed by atoms with Crippen LogP contribution in [0.25, 0.3) is 11.3 Å². The zero-order chi connectivity index (χ0) is 26.3. The lowest BCUT2D eigenvalue weighted by molar-refractivity contribution is -0.132. The third-order valence-electron chi connectivity index (χ3n) is 7.07. The summed E-state index contributed by atoms with van der Waals surface area (Å²) < 4.78 is 11.0. The molecule has 2 amide bonds. The summed E-state index contributed by atoms with van der Waals surface area (Å²) in [6, 6.07) is 20.8. The summed E-state index contributed by atoms with van der Waals surface area (Å²) in [5.74, 6) is 1.40. The van der Waals surface area contributed by atoms with Gasteiger partial charge in [-0.1, -0.05) is 18.2 Å². The van der Waals surface area contributed by atoms with E-state index in [1.165, 1.54) is 0 Å². The Balaban J connectivity index is 1.18. The van der Waals surface area contributed by atoms with Gasteiger partial charge in [0.1, 0.15) is 12.3 Å². The van der Waals surface area contributed by atoms with Crippen LogP contribution in [0.1, 0.15) is 23.2 Å².